The van der Waals surface area contributed by atoms with Gasteiger partial charge in [0.1, 0.15) is 24.2 Å². The molecule has 1 aromatic heterocycles. The second-order valence-corrected chi connectivity index (χ2v) is 7.77. The van der Waals surface area contributed by atoms with E-state index >= 15 is 0 Å². The zero-order valence-corrected chi connectivity index (χ0v) is 18.1. The summed E-state index contributed by atoms with van der Waals surface area (Å²) in [5, 5.41) is 9.40. The Labute approximate surface area is 190 Å². The molecule has 0 unspecified atom stereocenters. The van der Waals surface area contributed by atoms with E-state index in [1.807, 2.05) is 36.4 Å². The molecule has 170 valence electrons. The van der Waals surface area contributed by atoms with Crippen LogP contribution in [0, 0.1) is 0 Å². The third-order valence-electron chi connectivity index (χ3n) is 5.33. The van der Waals surface area contributed by atoms with Crippen LogP contribution in [0.15, 0.2) is 48.5 Å². The number of aromatic amines is 1. The molecular formula is C23H24N6O4. The van der Waals surface area contributed by atoms with Crippen LogP contribution in [0.1, 0.15) is 34.0 Å². The zero-order chi connectivity index (χ0) is 23.4. The van der Waals surface area contributed by atoms with Gasteiger partial charge in [0.2, 0.25) is 11.7 Å². The molecule has 10 nitrogen and oxygen atoms in total. The molecule has 10 heteroatoms. The van der Waals surface area contributed by atoms with Gasteiger partial charge in [-0.1, -0.05) is 36.4 Å². The van der Waals surface area contributed by atoms with Crippen LogP contribution in [0.5, 0.6) is 5.75 Å². The Bertz CT molecular complexity index is 1180. The summed E-state index contributed by atoms with van der Waals surface area (Å²) in [6.07, 6.45) is 1.17. The van der Waals surface area contributed by atoms with E-state index in [1.165, 1.54) is 4.90 Å². The van der Waals surface area contributed by atoms with Crippen LogP contribution < -0.4 is 20.7 Å². The van der Waals surface area contributed by atoms with E-state index in [1.54, 1.807) is 19.2 Å². The summed E-state index contributed by atoms with van der Waals surface area (Å²) in [5.41, 5.74) is 7.66. The van der Waals surface area contributed by atoms with Crippen LogP contribution in [0.4, 0.5) is 5.69 Å². The topological polar surface area (TPSA) is 143 Å². The normalized spacial score (nSPS) is 15.4. The largest absolute Gasteiger partial charge is 0.489 e. The molecule has 4 N–H and O–H groups in total. The number of aromatic nitrogens is 3. The number of H-pyrrole nitrogens is 1. The second kappa shape index (κ2) is 9.51. The average molecular weight is 448 g/mol. The van der Waals surface area contributed by atoms with Gasteiger partial charge in [0.25, 0.3) is 11.8 Å². The molecule has 3 amide bonds. The van der Waals surface area contributed by atoms with E-state index in [0.29, 0.717) is 30.1 Å². The van der Waals surface area contributed by atoms with E-state index in [2.05, 4.69) is 20.5 Å². The third-order valence-corrected chi connectivity index (χ3v) is 5.33. The number of nitrogens with one attached hydrogen (secondary N) is 2. The van der Waals surface area contributed by atoms with Gasteiger partial charge in [-0.2, -0.15) is 0 Å². The van der Waals surface area contributed by atoms with Crippen LogP contribution in [0.2, 0.25) is 0 Å². The Hall–Kier alpha value is -4.21. The lowest BCUT2D eigenvalue weighted by atomic mass is 10.1. The number of carbonyl (C=O) groups is 3. The molecule has 1 aliphatic rings. The lowest BCUT2D eigenvalue weighted by molar-refractivity contribution is -0.120. The van der Waals surface area contributed by atoms with Crippen molar-refractivity contribution in [3.05, 3.63) is 71.3 Å². The Morgan fingerprint density at radius 2 is 2.00 bits per heavy atom. The Kier molecular flexibility index (Phi) is 6.34. The van der Waals surface area contributed by atoms with Gasteiger partial charge in [-0.15, -0.1) is 5.10 Å². The monoisotopic (exact) mass is 448 g/mol. The molecule has 2 heterocycles. The number of fused-ring (bicyclic) bond motifs is 1. The van der Waals surface area contributed by atoms with Crippen molar-refractivity contribution in [3.63, 3.8) is 0 Å². The number of nitrogens with zero attached hydrogens (tertiary/aromatic N) is 3. The minimum Gasteiger partial charge on any atom is -0.489 e. The van der Waals surface area contributed by atoms with Crippen LogP contribution >= 0.6 is 0 Å². The maximum atomic E-state index is 13.0. The smallest absolute Gasteiger partial charge is 0.291 e. The number of benzene rings is 2. The van der Waals surface area contributed by atoms with Gasteiger partial charge in [-0.25, -0.2) is 4.98 Å². The predicted octanol–water partition coefficient (Wildman–Crippen LogP) is 0.967. The third kappa shape index (κ3) is 5.17. The lowest BCUT2D eigenvalue weighted by Gasteiger charge is -2.20. The van der Waals surface area contributed by atoms with Crippen LogP contribution in [-0.2, 0) is 22.4 Å². The number of hydrogen-bond acceptors (Lipinski definition) is 6. The second-order valence-electron chi connectivity index (χ2n) is 7.77. The Morgan fingerprint density at radius 3 is 2.76 bits per heavy atom. The van der Waals surface area contributed by atoms with Crippen molar-refractivity contribution >= 4 is 23.4 Å². The lowest BCUT2D eigenvalue weighted by Crippen LogP contribution is -2.49. The fourth-order valence-corrected chi connectivity index (χ4v) is 3.56. The van der Waals surface area contributed by atoms with Gasteiger partial charge in [0.15, 0.2) is 0 Å². The maximum absolute atomic E-state index is 13.0. The number of carbonyl (C=O) groups excluding carboxylic acids is 3. The van der Waals surface area contributed by atoms with E-state index in [9.17, 15) is 14.4 Å². The minimum absolute atomic E-state index is 0.0379. The summed E-state index contributed by atoms with van der Waals surface area (Å²) in [6.45, 7) is -0.0379. The van der Waals surface area contributed by atoms with Crippen molar-refractivity contribution in [1.82, 2.24) is 20.5 Å². The van der Waals surface area contributed by atoms with E-state index in [4.69, 9.17) is 10.5 Å². The number of ether oxygens (including phenoxy) is 1. The van der Waals surface area contributed by atoms with E-state index in [0.717, 1.165) is 11.1 Å². The first kappa shape index (κ1) is 22.0. The van der Waals surface area contributed by atoms with Gasteiger partial charge in [0.05, 0.1) is 5.69 Å². The number of nitrogens with two attached hydrogens (primary N) is 1. The van der Waals surface area contributed by atoms with Crippen LogP contribution in [0.25, 0.3) is 0 Å². The van der Waals surface area contributed by atoms with Gasteiger partial charge >= 0.3 is 0 Å². The molecule has 0 spiro atoms. The van der Waals surface area contributed by atoms with E-state index < -0.39 is 17.9 Å². The van der Waals surface area contributed by atoms with E-state index in [-0.39, 0.29) is 24.8 Å². The van der Waals surface area contributed by atoms with Gasteiger partial charge in [0, 0.05) is 19.9 Å². The molecule has 0 radical (unpaired) electrons. The number of anilines is 1. The Morgan fingerprint density at radius 1 is 1.21 bits per heavy atom. The number of aryl methyl sites for hydroxylation is 1. The number of hydrogen-bond donors (Lipinski definition) is 3. The highest BCUT2D eigenvalue weighted by atomic mass is 16.5. The molecule has 0 bridgehead atoms. The number of rotatable bonds is 7. The molecule has 1 atom stereocenters. The molecular weight excluding hydrogens is 424 g/mol. The molecule has 33 heavy (non-hydrogen) atoms. The summed E-state index contributed by atoms with van der Waals surface area (Å²) in [5.74, 6) is -0.307. The van der Waals surface area contributed by atoms with Gasteiger partial charge in [-0.3, -0.25) is 19.5 Å². The fourth-order valence-electron chi connectivity index (χ4n) is 3.56. The molecule has 4 rings (SSSR count). The number of likely N-dealkylation sites (N-methyl/N-ethyl adjacent to an activating group) is 1. The van der Waals surface area contributed by atoms with Crippen molar-refractivity contribution < 1.29 is 19.1 Å². The predicted molar refractivity (Wildman–Crippen MR) is 120 cm³/mol. The first-order chi connectivity index (χ1) is 15.9. The fraction of sp³-hybridized carbons (Fsp3) is 0.261. The highest BCUT2D eigenvalue weighted by Crippen LogP contribution is 2.32. The van der Waals surface area contributed by atoms with Gasteiger partial charge in [-0.05, 0) is 29.7 Å². The first-order valence-corrected chi connectivity index (χ1v) is 10.5. The maximum Gasteiger partial charge on any atom is 0.291 e. The molecule has 3 aromatic rings. The summed E-state index contributed by atoms with van der Waals surface area (Å²) in [4.78, 5) is 42.4. The molecule has 0 fully saturated rings. The van der Waals surface area contributed by atoms with Crippen molar-refractivity contribution in [1.29, 1.82) is 0 Å². The highest BCUT2D eigenvalue weighted by molar-refractivity contribution is 6.02. The first-order valence-electron chi connectivity index (χ1n) is 10.5. The quantitative estimate of drug-likeness (QED) is 0.491. The number of primary amides is 1. The number of amides is 3. The molecule has 2 aromatic carbocycles. The highest BCUT2D eigenvalue weighted by Gasteiger charge is 2.31. The molecule has 0 saturated heterocycles. The summed E-state index contributed by atoms with van der Waals surface area (Å²) in [7, 11) is 1.61. The van der Waals surface area contributed by atoms with Crippen LogP contribution in [0.3, 0.4) is 0 Å². The van der Waals surface area contributed by atoms with Crippen molar-refractivity contribution in [2.75, 3.05) is 18.6 Å². The van der Waals surface area contributed by atoms with Gasteiger partial charge < -0.3 is 20.7 Å². The minimum atomic E-state index is -0.917. The standard InChI is InChI=1S/C23H24N6O4/c1-29-17-11-15(8-10-19(24)30)7-9-18(17)33-13-16(23(29)32)25-22(31)21-26-20(27-28-21)12-14-5-3-2-4-6-14/h2-7,9,11,16H,8,10,12-13H2,1H3,(H2,24,30)(H,25,31)(H,26,27,28)/t16-/m0/s1. The van der Waals surface area contributed by atoms with Crippen molar-refractivity contribution in [2.45, 2.75) is 25.3 Å². The Balaban J connectivity index is 1.43. The molecule has 0 saturated carbocycles. The summed E-state index contributed by atoms with van der Waals surface area (Å²) < 4.78 is 5.79. The summed E-state index contributed by atoms with van der Waals surface area (Å²) >= 11 is 0. The van der Waals surface area contributed by atoms with Crippen molar-refractivity contribution in [3.8, 4) is 5.75 Å². The van der Waals surface area contributed by atoms with Crippen LogP contribution in [-0.4, -0.2) is 52.6 Å². The molecule has 1 aliphatic heterocycles. The average Bonchev–Trinajstić information content (AvgIpc) is 3.24. The van der Waals surface area contributed by atoms with Crippen molar-refractivity contribution in [2.24, 2.45) is 5.73 Å². The zero-order valence-electron chi connectivity index (χ0n) is 18.1. The summed E-state index contributed by atoms with van der Waals surface area (Å²) in [6, 6.07) is 14.1. The molecule has 0 aliphatic carbocycles. The SMILES string of the molecule is CN1C(=O)[C@@H](NC(=O)c2n[nH]c(Cc3ccccc3)n2)COc2ccc(CCC(N)=O)cc21.